The molecule has 0 saturated carbocycles. The van der Waals surface area contributed by atoms with E-state index < -0.39 is 5.92 Å². The van der Waals surface area contributed by atoms with Crippen LogP contribution in [0.3, 0.4) is 0 Å². The Labute approximate surface area is 76.3 Å². The largest absolute Gasteiger partial charge is 0.496 e. The van der Waals surface area contributed by atoms with Gasteiger partial charge in [0.2, 0.25) is 5.92 Å². The molecule has 0 spiro atoms. The zero-order valence-corrected chi connectivity index (χ0v) is 7.68. The molecule has 3 heteroatoms. The van der Waals surface area contributed by atoms with Crippen LogP contribution in [0.25, 0.3) is 0 Å². The molecule has 0 N–H and O–H groups in total. The van der Waals surface area contributed by atoms with E-state index in [1.807, 2.05) is 0 Å². The first-order chi connectivity index (χ1) is 6.03. The van der Waals surface area contributed by atoms with Gasteiger partial charge in [-0.05, 0) is 13.0 Å². The Morgan fingerprint density at radius 2 is 1.92 bits per heavy atom. The Morgan fingerprint density at radius 1 is 1.31 bits per heavy atom. The smallest absolute Gasteiger partial charge is 0.249 e. The number of halogens is 2. The Kier molecular flexibility index (Phi) is 2.86. The lowest BCUT2D eigenvalue weighted by Gasteiger charge is -2.12. The monoisotopic (exact) mass is 186 g/mol. The van der Waals surface area contributed by atoms with Crippen molar-refractivity contribution in [2.24, 2.45) is 0 Å². The summed E-state index contributed by atoms with van der Waals surface area (Å²) in [6, 6.07) is 6.82. The van der Waals surface area contributed by atoms with Crippen LogP contribution >= 0.6 is 0 Å². The van der Waals surface area contributed by atoms with Gasteiger partial charge in [-0.2, -0.15) is 0 Å². The fourth-order valence-electron chi connectivity index (χ4n) is 1.18. The number of rotatable bonds is 3. The predicted octanol–water partition coefficient (Wildman–Crippen LogP) is 2.89. The van der Waals surface area contributed by atoms with Crippen LogP contribution in [0.4, 0.5) is 8.78 Å². The van der Waals surface area contributed by atoms with Crippen molar-refractivity contribution in [3.8, 4) is 5.75 Å². The summed E-state index contributed by atoms with van der Waals surface area (Å²) in [5.41, 5.74) is 0.539. The van der Waals surface area contributed by atoms with E-state index in [9.17, 15) is 8.78 Å². The molecule has 0 amide bonds. The summed E-state index contributed by atoms with van der Waals surface area (Å²) in [7, 11) is 1.48. The van der Waals surface area contributed by atoms with Crippen LogP contribution in [0.15, 0.2) is 24.3 Å². The van der Waals surface area contributed by atoms with Crippen LogP contribution < -0.4 is 4.74 Å². The van der Waals surface area contributed by atoms with Crippen molar-refractivity contribution in [3.63, 3.8) is 0 Å². The topological polar surface area (TPSA) is 9.23 Å². The summed E-state index contributed by atoms with van der Waals surface area (Å²) in [6.45, 7) is 0.902. The van der Waals surface area contributed by atoms with Crippen molar-refractivity contribution in [1.82, 2.24) is 0 Å². The van der Waals surface area contributed by atoms with Gasteiger partial charge in [0.25, 0.3) is 0 Å². The average molecular weight is 186 g/mol. The van der Waals surface area contributed by atoms with E-state index in [1.54, 1.807) is 24.3 Å². The first-order valence-electron chi connectivity index (χ1n) is 4.02. The molecule has 0 unspecified atom stereocenters. The number of para-hydroxylation sites is 1. The quantitative estimate of drug-likeness (QED) is 0.705. The van der Waals surface area contributed by atoms with Crippen LogP contribution in [-0.4, -0.2) is 13.0 Å². The standard InChI is InChI=1S/C10H12F2O/c1-10(11,12)7-8-5-3-4-6-9(8)13-2/h3-6H,7H2,1-2H3. The highest BCUT2D eigenvalue weighted by atomic mass is 19.3. The lowest BCUT2D eigenvalue weighted by Crippen LogP contribution is -2.14. The van der Waals surface area contributed by atoms with Gasteiger partial charge >= 0.3 is 0 Å². The molecule has 0 saturated heterocycles. The Balaban J connectivity index is 2.87. The second-order valence-corrected chi connectivity index (χ2v) is 3.06. The molecule has 1 nitrogen and oxygen atoms in total. The van der Waals surface area contributed by atoms with Gasteiger partial charge in [-0.25, -0.2) is 8.78 Å². The molecule has 0 aliphatic heterocycles. The molecule has 0 bridgehead atoms. The van der Waals surface area contributed by atoms with Crippen LogP contribution in [0.5, 0.6) is 5.75 Å². The lowest BCUT2D eigenvalue weighted by molar-refractivity contribution is 0.0220. The van der Waals surface area contributed by atoms with E-state index in [1.165, 1.54) is 7.11 Å². The summed E-state index contributed by atoms with van der Waals surface area (Å²) < 4.78 is 30.3. The van der Waals surface area contributed by atoms with E-state index in [0.717, 1.165) is 6.92 Å². The summed E-state index contributed by atoms with van der Waals surface area (Å²) in [6.07, 6.45) is -0.281. The molecule has 1 aromatic carbocycles. The van der Waals surface area contributed by atoms with Gasteiger partial charge < -0.3 is 4.74 Å². The normalized spacial score (nSPS) is 11.4. The summed E-state index contributed by atoms with van der Waals surface area (Å²) in [5, 5.41) is 0. The minimum atomic E-state index is -2.69. The minimum Gasteiger partial charge on any atom is -0.496 e. The highest BCUT2D eigenvalue weighted by molar-refractivity contribution is 5.33. The van der Waals surface area contributed by atoms with Gasteiger partial charge in [-0.15, -0.1) is 0 Å². The van der Waals surface area contributed by atoms with Crippen LogP contribution in [0.1, 0.15) is 12.5 Å². The Bertz CT molecular complexity index is 278. The molecule has 0 fully saturated rings. The van der Waals surface area contributed by atoms with Crippen molar-refractivity contribution in [1.29, 1.82) is 0 Å². The molecule has 0 atom stereocenters. The molecule has 1 rings (SSSR count). The average Bonchev–Trinajstić information content (AvgIpc) is 2.02. The van der Waals surface area contributed by atoms with Gasteiger partial charge in [-0.3, -0.25) is 0 Å². The molecule has 0 aromatic heterocycles. The van der Waals surface area contributed by atoms with Gasteiger partial charge in [0.1, 0.15) is 5.75 Å². The maximum Gasteiger partial charge on any atom is 0.249 e. The second kappa shape index (κ2) is 3.73. The molecule has 0 aliphatic rings. The number of hydrogen-bond donors (Lipinski definition) is 0. The summed E-state index contributed by atoms with van der Waals surface area (Å²) in [4.78, 5) is 0. The molecular weight excluding hydrogens is 174 g/mol. The maximum atomic E-state index is 12.7. The number of benzene rings is 1. The fraction of sp³-hybridized carbons (Fsp3) is 0.400. The van der Waals surface area contributed by atoms with Crippen LogP contribution in [-0.2, 0) is 6.42 Å². The SMILES string of the molecule is COc1ccccc1CC(C)(F)F. The third kappa shape index (κ3) is 3.01. The number of ether oxygens (including phenoxy) is 1. The summed E-state index contributed by atoms with van der Waals surface area (Å²) >= 11 is 0. The Hall–Kier alpha value is -1.12. The van der Waals surface area contributed by atoms with Crippen LogP contribution in [0, 0.1) is 0 Å². The molecule has 0 aliphatic carbocycles. The van der Waals surface area contributed by atoms with E-state index in [4.69, 9.17) is 4.74 Å². The molecule has 0 radical (unpaired) electrons. The third-order valence-electron chi connectivity index (χ3n) is 1.69. The fourth-order valence-corrected chi connectivity index (χ4v) is 1.18. The van der Waals surface area contributed by atoms with E-state index >= 15 is 0 Å². The van der Waals surface area contributed by atoms with Crippen molar-refractivity contribution in [3.05, 3.63) is 29.8 Å². The van der Waals surface area contributed by atoms with Crippen LogP contribution in [0.2, 0.25) is 0 Å². The zero-order valence-electron chi connectivity index (χ0n) is 7.68. The van der Waals surface area contributed by atoms with Crippen molar-refractivity contribution >= 4 is 0 Å². The molecule has 13 heavy (non-hydrogen) atoms. The minimum absolute atomic E-state index is 0.281. The highest BCUT2D eigenvalue weighted by Gasteiger charge is 2.23. The van der Waals surface area contributed by atoms with Crippen molar-refractivity contribution < 1.29 is 13.5 Å². The first-order valence-corrected chi connectivity index (χ1v) is 4.02. The second-order valence-electron chi connectivity index (χ2n) is 3.06. The van der Waals surface area contributed by atoms with Gasteiger partial charge in [0.05, 0.1) is 7.11 Å². The number of alkyl halides is 2. The highest BCUT2D eigenvalue weighted by Crippen LogP contribution is 2.25. The lowest BCUT2D eigenvalue weighted by atomic mass is 10.1. The third-order valence-corrected chi connectivity index (χ3v) is 1.69. The first kappa shape index (κ1) is 9.96. The summed E-state index contributed by atoms with van der Waals surface area (Å²) in [5.74, 6) is -2.17. The zero-order chi connectivity index (χ0) is 9.90. The Morgan fingerprint density at radius 3 is 2.46 bits per heavy atom. The van der Waals surface area contributed by atoms with Crippen molar-refractivity contribution in [2.45, 2.75) is 19.3 Å². The number of methoxy groups -OCH3 is 1. The molecule has 1 aromatic rings. The maximum absolute atomic E-state index is 12.7. The van der Waals surface area contributed by atoms with Gasteiger partial charge in [0, 0.05) is 12.0 Å². The van der Waals surface area contributed by atoms with Gasteiger partial charge in [-0.1, -0.05) is 18.2 Å². The molecule has 0 heterocycles. The van der Waals surface area contributed by atoms with Gasteiger partial charge in [0.15, 0.2) is 0 Å². The van der Waals surface area contributed by atoms with E-state index in [-0.39, 0.29) is 6.42 Å². The number of hydrogen-bond acceptors (Lipinski definition) is 1. The van der Waals surface area contributed by atoms with E-state index in [0.29, 0.717) is 11.3 Å². The predicted molar refractivity (Wildman–Crippen MR) is 47.3 cm³/mol. The molecular formula is C10H12F2O. The van der Waals surface area contributed by atoms with E-state index in [2.05, 4.69) is 0 Å². The molecule has 72 valence electrons. The van der Waals surface area contributed by atoms with Crippen molar-refractivity contribution in [2.75, 3.05) is 7.11 Å².